The molecule has 3 aliphatic heterocycles. The van der Waals surface area contributed by atoms with E-state index in [1.165, 1.54) is 0 Å². The molecular weight excluding hydrogens is 548 g/mol. The average Bonchev–Trinajstić information content (AvgIpc) is 2.90. The van der Waals surface area contributed by atoms with E-state index in [4.69, 9.17) is 23.7 Å². The van der Waals surface area contributed by atoms with Crippen molar-refractivity contribution < 1.29 is 79.2 Å². The minimum Gasteiger partial charge on any atom is -0.394 e. The molecule has 232 valence electrons. The van der Waals surface area contributed by atoms with Crippen molar-refractivity contribution in [1.29, 1.82) is 0 Å². The predicted octanol–water partition coefficient (Wildman–Crippen LogP) is -7.29. The maximum Gasteiger partial charge on any atom is 0.217 e. The van der Waals surface area contributed by atoms with E-state index in [1.807, 2.05) is 0 Å². The normalized spacial score (nSPS) is 46.0. The Bertz CT molecular complexity index is 854. The van der Waals surface area contributed by atoms with Crippen molar-refractivity contribution in [3.05, 3.63) is 0 Å². The van der Waals surface area contributed by atoms with Crippen molar-refractivity contribution in [1.82, 2.24) is 10.6 Å². The van der Waals surface area contributed by atoms with E-state index in [0.29, 0.717) is 0 Å². The third-order valence-corrected chi connectivity index (χ3v) is 6.90. The molecule has 0 bridgehead atoms. The summed E-state index contributed by atoms with van der Waals surface area (Å²) in [6, 6.07) is -2.86. The summed E-state index contributed by atoms with van der Waals surface area (Å²) in [5.41, 5.74) is 0. The standard InChI is InChI=1S/C22H38N2O16/c1-6(28)23-11-16(33)13(30)8(3-25)37-21(11)40-19-15(32)10(5-27)38-22(17(19)34)39-18-12(24-7(2)29)20(35)36-9(4-26)14(18)31/h8-22,25-27,30-35H,3-5H2,1-2H3,(H,23,28)(H,24,29)/t8-,9-,10-,11-,12-,13-,14-,15+,16-,17-,18-,19+,20?,21+,22+/m1/s1. The van der Waals surface area contributed by atoms with Crippen LogP contribution in [0.2, 0.25) is 0 Å². The number of aliphatic hydroxyl groups is 9. The summed E-state index contributed by atoms with van der Waals surface area (Å²) in [4.78, 5) is 23.4. The van der Waals surface area contributed by atoms with Gasteiger partial charge >= 0.3 is 0 Å². The third kappa shape index (κ3) is 7.05. The monoisotopic (exact) mass is 586 g/mol. The van der Waals surface area contributed by atoms with Gasteiger partial charge in [-0.3, -0.25) is 9.59 Å². The minimum absolute atomic E-state index is 0.650. The highest BCUT2D eigenvalue weighted by Crippen LogP contribution is 2.32. The highest BCUT2D eigenvalue weighted by atomic mass is 16.7. The lowest BCUT2D eigenvalue weighted by atomic mass is 9.94. The summed E-state index contributed by atoms with van der Waals surface area (Å²) < 4.78 is 27.5. The summed E-state index contributed by atoms with van der Waals surface area (Å²) in [6.07, 6.45) is -21.5. The number of carbonyl (C=O) groups is 2. The Hall–Kier alpha value is -1.62. The van der Waals surface area contributed by atoms with Crippen molar-refractivity contribution in [2.45, 2.75) is 106 Å². The molecule has 18 nitrogen and oxygen atoms in total. The smallest absolute Gasteiger partial charge is 0.217 e. The van der Waals surface area contributed by atoms with Gasteiger partial charge in [0.2, 0.25) is 11.8 Å². The molecule has 0 aromatic rings. The van der Waals surface area contributed by atoms with Gasteiger partial charge in [-0.05, 0) is 0 Å². The summed E-state index contributed by atoms with van der Waals surface area (Å²) in [6.45, 7) is -0.135. The van der Waals surface area contributed by atoms with Crippen LogP contribution in [0.4, 0.5) is 0 Å². The van der Waals surface area contributed by atoms with Crippen LogP contribution in [-0.2, 0) is 33.3 Å². The lowest BCUT2D eigenvalue weighted by Crippen LogP contribution is -2.69. The number of nitrogens with one attached hydrogen (secondary N) is 2. The van der Waals surface area contributed by atoms with Crippen LogP contribution in [0, 0.1) is 0 Å². The summed E-state index contributed by atoms with van der Waals surface area (Å²) in [5, 5.41) is 97.2. The van der Waals surface area contributed by atoms with Crippen molar-refractivity contribution >= 4 is 11.8 Å². The molecule has 40 heavy (non-hydrogen) atoms. The fraction of sp³-hybridized carbons (Fsp3) is 0.909. The number of carbonyl (C=O) groups excluding carboxylic acids is 2. The number of aliphatic hydroxyl groups excluding tert-OH is 9. The molecule has 3 heterocycles. The number of ether oxygens (including phenoxy) is 5. The topological polar surface area (TPSA) is 286 Å². The zero-order chi connectivity index (χ0) is 29.9. The van der Waals surface area contributed by atoms with Gasteiger partial charge in [-0.1, -0.05) is 0 Å². The molecule has 3 aliphatic rings. The quantitative estimate of drug-likeness (QED) is 0.120. The molecule has 3 saturated heterocycles. The van der Waals surface area contributed by atoms with Gasteiger partial charge in [0.25, 0.3) is 0 Å². The van der Waals surface area contributed by atoms with Crippen LogP contribution in [0.15, 0.2) is 0 Å². The van der Waals surface area contributed by atoms with Crippen molar-refractivity contribution in [3.8, 4) is 0 Å². The third-order valence-electron chi connectivity index (χ3n) is 6.90. The van der Waals surface area contributed by atoms with Gasteiger partial charge in [-0.15, -0.1) is 0 Å². The van der Waals surface area contributed by atoms with E-state index in [0.717, 1.165) is 13.8 Å². The zero-order valence-corrected chi connectivity index (χ0v) is 21.7. The van der Waals surface area contributed by atoms with Crippen molar-refractivity contribution in [3.63, 3.8) is 0 Å². The van der Waals surface area contributed by atoms with Gasteiger partial charge in [-0.25, -0.2) is 0 Å². The Balaban J connectivity index is 1.88. The largest absolute Gasteiger partial charge is 0.394 e. The van der Waals surface area contributed by atoms with Gasteiger partial charge in [0, 0.05) is 13.8 Å². The highest BCUT2D eigenvalue weighted by Gasteiger charge is 2.54. The average molecular weight is 587 g/mol. The van der Waals surface area contributed by atoms with Gasteiger partial charge in [0.1, 0.15) is 73.1 Å². The van der Waals surface area contributed by atoms with Crippen molar-refractivity contribution in [2.75, 3.05) is 19.8 Å². The molecule has 3 fully saturated rings. The molecular formula is C22H38N2O16. The zero-order valence-electron chi connectivity index (χ0n) is 21.7. The SMILES string of the molecule is CC(=O)N[C@H]1[C@H](O[C@H]2[C@@H](O)[C@@H](CO)O[C@@H](O[C@H]3[C@H](O)[C@@H](CO)OC(O)[C@@H]3NC(C)=O)[C@@H]2O)O[C@H](CO)[C@@H](O)[C@@H]1O. The molecule has 0 spiro atoms. The predicted molar refractivity (Wildman–Crippen MR) is 124 cm³/mol. The maximum absolute atomic E-state index is 11.7. The van der Waals surface area contributed by atoms with E-state index in [1.54, 1.807) is 0 Å². The fourth-order valence-corrected chi connectivity index (χ4v) is 4.86. The first-order valence-electron chi connectivity index (χ1n) is 12.6. The molecule has 0 saturated carbocycles. The van der Waals surface area contributed by atoms with Gasteiger partial charge in [-0.2, -0.15) is 0 Å². The van der Waals surface area contributed by atoms with E-state index in [2.05, 4.69) is 10.6 Å². The molecule has 2 amide bonds. The summed E-state index contributed by atoms with van der Waals surface area (Å²) in [7, 11) is 0. The van der Waals surface area contributed by atoms with Crippen LogP contribution in [-0.4, -0.2) is 170 Å². The Morgan fingerprint density at radius 3 is 1.60 bits per heavy atom. The highest BCUT2D eigenvalue weighted by molar-refractivity contribution is 5.73. The molecule has 3 rings (SSSR count). The molecule has 18 heteroatoms. The Kier molecular flexibility index (Phi) is 11.5. The van der Waals surface area contributed by atoms with E-state index in [-0.39, 0.29) is 0 Å². The molecule has 0 radical (unpaired) electrons. The first-order chi connectivity index (χ1) is 18.8. The molecule has 15 atom stereocenters. The Morgan fingerprint density at radius 2 is 1.05 bits per heavy atom. The maximum atomic E-state index is 11.7. The van der Waals surface area contributed by atoms with E-state index >= 15 is 0 Å². The van der Waals surface area contributed by atoms with E-state index in [9.17, 15) is 55.5 Å². The molecule has 1 unspecified atom stereocenters. The fourth-order valence-electron chi connectivity index (χ4n) is 4.86. The Labute approximate surface area is 228 Å². The second kappa shape index (κ2) is 14.0. The second-order valence-corrected chi connectivity index (χ2v) is 9.81. The van der Waals surface area contributed by atoms with Crippen LogP contribution in [0.3, 0.4) is 0 Å². The van der Waals surface area contributed by atoms with Crippen molar-refractivity contribution in [2.24, 2.45) is 0 Å². The molecule has 0 aromatic carbocycles. The molecule has 0 aliphatic carbocycles. The first kappa shape index (κ1) is 32.9. The van der Waals surface area contributed by atoms with E-state index < -0.39 is 124 Å². The number of hydrogen-bond donors (Lipinski definition) is 11. The van der Waals surface area contributed by atoms with Gasteiger partial charge in [0.15, 0.2) is 18.9 Å². The second-order valence-electron chi connectivity index (χ2n) is 9.81. The molecule has 0 aromatic heterocycles. The number of hydrogen-bond acceptors (Lipinski definition) is 16. The van der Waals surface area contributed by atoms with Crippen LogP contribution in [0.5, 0.6) is 0 Å². The van der Waals surface area contributed by atoms with Crippen LogP contribution < -0.4 is 10.6 Å². The lowest BCUT2D eigenvalue weighted by Gasteiger charge is -2.49. The van der Waals surface area contributed by atoms with Gasteiger partial charge in [0.05, 0.1) is 19.8 Å². The number of amides is 2. The van der Waals surface area contributed by atoms with Gasteiger partial charge < -0.3 is 80.3 Å². The Morgan fingerprint density at radius 1 is 0.600 bits per heavy atom. The molecule has 11 N–H and O–H groups in total. The number of rotatable bonds is 9. The summed E-state index contributed by atoms with van der Waals surface area (Å²) in [5.74, 6) is -1.31. The van der Waals surface area contributed by atoms with Crippen LogP contribution >= 0.6 is 0 Å². The lowest BCUT2D eigenvalue weighted by molar-refractivity contribution is -0.365. The minimum atomic E-state index is -1.94. The summed E-state index contributed by atoms with van der Waals surface area (Å²) >= 11 is 0. The van der Waals surface area contributed by atoms with Crippen LogP contribution in [0.25, 0.3) is 0 Å². The van der Waals surface area contributed by atoms with Crippen LogP contribution in [0.1, 0.15) is 13.8 Å². The first-order valence-corrected chi connectivity index (χ1v) is 12.6.